The minimum absolute atomic E-state index is 0.174. The summed E-state index contributed by atoms with van der Waals surface area (Å²) < 4.78 is 39.8. The van der Waals surface area contributed by atoms with Crippen LogP contribution in [0.5, 0.6) is 0 Å². The summed E-state index contributed by atoms with van der Waals surface area (Å²) in [6, 6.07) is 11.8. The zero-order valence-corrected chi connectivity index (χ0v) is 11.8. The Balaban J connectivity index is 2.27. The van der Waals surface area contributed by atoms with Crippen molar-refractivity contribution in [2.75, 3.05) is 0 Å². The van der Waals surface area contributed by atoms with Gasteiger partial charge in [0, 0.05) is 24.1 Å². The molecule has 0 aromatic heterocycles. The van der Waals surface area contributed by atoms with Crippen LogP contribution in [0.2, 0.25) is 0 Å². The van der Waals surface area contributed by atoms with Gasteiger partial charge in [0.2, 0.25) is 0 Å². The lowest BCUT2D eigenvalue weighted by atomic mass is 9.91. The first-order valence-electron chi connectivity index (χ1n) is 6.68. The Morgan fingerprint density at radius 1 is 1.04 bits per heavy atom. The number of hydrogen-bond donors (Lipinski definition) is 0. The van der Waals surface area contributed by atoms with E-state index in [1.165, 1.54) is 12.1 Å². The third kappa shape index (κ3) is 4.15. The first-order valence-corrected chi connectivity index (χ1v) is 6.68. The van der Waals surface area contributed by atoms with Gasteiger partial charge in [-0.3, -0.25) is 14.9 Å². The fourth-order valence-electron chi connectivity index (χ4n) is 2.18. The van der Waals surface area contributed by atoms with Gasteiger partial charge in [-0.2, -0.15) is 13.2 Å². The molecule has 1 atom stereocenters. The molecule has 4 nitrogen and oxygen atoms in total. The van der Waals surface area contributed by atoms with E-state index in [0.29, 0.717) is 0 Å². The zero-order chi connectivity index (χ0) is 17.0. The van der Waals surface area contributed by atoms with Crippen molar-refractivity contribution in [3.8, 4) is 0 Å². The van der Waals surface area contributed by atoms with Crippen LogP contribution in [0.1, 0.15) is 28.3 Å². The highest BCUT2D eigenvalue weighted by molar-refractivity contribution is 5.96. The summed E-state index contributed by atoms with van der Waals surface area (Å²) in [7, 11) is 0. The molecule has 0 aliphatic rings. The van der Waals surface area contributed by atoms with Crippen molar-refractivity contribution >= 4 is 11.5 Å². The van der Waals surface area contributed by atoms with Crippen LogP contribution in [0.25, 0.3) is 0 Å². The summed E-state index contributed by atoms with van der Waals surface area (Å²) in [4.78, 5) is 21.9. The molecule has 0 N–H and O–H groups in total. The second kappa shape index (κ2) is 6.60. The minimum Gasteiger partial charge on any atom is -0.294 e. The largest absolute Gasteiger partial charge is 0.396 e. The van der Waals surface area contributed by atoms with E-state index >= 15 is 0 Å². The van der Waals surface area contributed by atoms with Crippen LogP contribution in [-0.4, -0.2) is 16.9 Å². The maximum Gasteiger partial charge on any atom is 0.396 e. The van der Waals surface area contributed by atoms with Crippen molar-refractivity contribution in [2.24, 2.45) is 0 Å². The monoisotopic (exact) mass is 323 g/mol. The van der Waals surface area contributed by atoms with Gasteiger partial charge in [0.25, 0.3) is 5.69 Å². The molecule has 2 aromatic rings. The second-order valence-corrected chi connectivity index (χ2v) is 4.94. The molecule has 0 aliphatic carbocycles. The number of rotatable bonds is 5. The van der Waals surface area contributed by atoms with E-state index in [1.54, 1.807) is 18.2 Å². The molecule has 7 heteroatoms. The van der Waals surface area contributed by atoms with E-state index < -0.39 is 29.2 Å². The Kier molecular flexibility index (Phi) is 4.78. The maximum atomic E-state index is 13.3. The third-order valence-electron chi connectivity index (χ3n) is 3.39. The standard InChI is InChI=1S/C16H12F3NO3/c17-16(18,19)14(10-15(21)12-4-2-1-3-5-12)11-6-8-13(9-7-11)20(22)23/h1-9,14H,10H2. The molecular formula is C16H12F3NO3. The summed E-state index contributed by atoms with van der Waals surface area (Å²) in [6.45, 7) is 0. The van der Waals surface area contributed by atoms with E-state index in [-0.39, 0.29) is 16.8 Å². The number of alkyl halides is 3. The molecule has 1 unspecified atom stereocenters. The van der Waals surface area contributed by atoms with Gasteiger partial charge in [-0.15, -0.1) is 0 Å². The van der Waals surface area contributed by atoms with Crippen LogP contribution in [0.15, 0.2) is 54.6 Å². The van der Waals surface area contributed by atoms with Gasteiger partial charge in [0.05, 0.1) is 10.8 Å². The Hall–Kier alpha value is -2.70. The first kappa shape index (κ1) is 16.7. The SMILES string of the molecule is O=C(CC(c1ccc([N+](=O)[O-])cc1)C(F)(F)F)c1ccccc1. The summed E-state index contributed by atoms with van der Waals surface area (Å²) in [5.41, 5.74) is -0.278. The number of carbonyl (C=O) groups is 1. The summed E-state index contributed by atoms with van der Waals surface area (Å²) in [5.74, 6) is -2.64. The van der Waals surface area contributed by atoms with Crippen LogP contribution < -0.4 is 0 Å². The molecule has 0 radical (unpaired) electrons. The number of nitro benzene ring substituents is 1. The molecule has 2 rings (SSSR count). The van der Waals surface area contributed by atoms with E-state index in [4.69, 9.17) is 0 Å². The number of non-ortho nitro benzene ring substituents is 1. The van der Waals surface area contributed by atoms with Crippen molar-refractivity contribution in [2.45, 2.75) is 18.5 Å². The Morgan fingerprint density at radius 3 is 2.09 bits per heavy atom. The molecule has 0 heterocycles. The number of benzene rings is 2. The van der Waals surface area contributed by atoms with Crippen LogP contribution in [0.3, 0.4) is 0 Å². The van der Waals surface area contributed by atoms with E-state index in [9.17, 15) is 28.1 Å². The van der Waals surface area contributed by atoms with E-state index in [0.717, 1.165) is 24.3 Å². The fraction of sp³-hybridized carbons (Fsp3) is 0.188. The van der Waals surface area contributed by atoms with Crippen molar-refractivity contribution in [1.29, 1.82) is 0 Å². The molecule has 0 saturated heterocycles. The van der Waals surface area contributed by atoms with Crippen molar-refractivity contribution in [3.63, 3.8) is 0 Å². The highest BCUT2D eigenvalue weighted by atomic mass is 19.4. The van der Waals surface area contributed by atoms with E-state index in [1.807, 2.05) is 0 Å². The number of Topliss-reactive ketones (excluding diaryl/α,β-unsaturated/α-hetero) is 1. The molecule has 0 amide bonds. The molecule has 0 aliphatic heterocycles. The molecule has 120 valence electrons. The Labute approximate surface area is 129 Å². The lowest BCUT2D eigenvalue weighted by Crippen LogP contribution is -2.23. The molecule has 0 fully saturated rings. The predicted molar refractivity (Wildman–Crippen MR) is 77.3 cm³/mol. The van der Waals surface area contributed by atoms with Crippen LogP contribution in [-0.2, 0) is 0 Å². The minimum atomic E-state index is -4.62. The Morgan fingerprint density at radius 2 is 1.61 bits per heavy atom. The highest BCUT2D eigenvalue weighted by Gasteiger charge is 2.42. The van der Waals surface area contributed by atoms with Gasteiger partial charge in [0.15, 0.2) is 5.78 Å². The molecule has 23 heavy (non-hydrogen) atoms. The number of halogens is 3. The molecule has 0 bridgehead atoms. The summed E-state index contributed by atoms with van der Waals surface area (Å²) in [5, 5.41) is 10.6. The lowest BCUT2D eigenvalue weighted by molar-refractivity contribution is -0.384. The van der Waals surface area contributed by atoms with Gasteiger partial charge in [-0.25, -0.2) is 0 Å². The van der Waals surface area contributed by atoms with Gasteiger partial charge in [0.1, 0.15) is 0 Å². The zero-order valence-electron chi connectivity index (χ0n) is 11.8. The maximum absolute atomic E-state index is 13.3. The third-order valence-corrected chi connectivity index (χ3v) is 3.39. The summed E-state index contributed by atoms with van der Waals surface area (Å²) in [6.07, 6.45) is -5.37. The normalized spacial score (nSPS) is 12.7. The van der Waals surface area contributed by atoms with Crippen LogP contribution in [0.4, 0.5) is 18.9 Å². The average molecular weight is 323 g/mol. The molecule has 0 spiro atoms. The van der Waals surface area contributed by atoms with E-state index in [2.05, 4.69) is 0 Å². The van der Waals surface area contributed by atoms with Gasteiger partial charge >= 0.3 is 6.18 Å². The quantitative estimate of drug-likeness (QED) is 0.462. The molecular weight excluding hydrogens is 311 g/mol. The number of nitro groups is 1. The van der Waals surface area contributed by atoms with Crippen molar-refractivity contribution < 1.29 is 22.9 Å². The lowest BCUT2D eigenvalue weighted by Gasteiger charge is -2.20. The Bertz CT molecular complexity index is 697. The second-order valence-electron chi connectivity index (χ2n) is 4.94. The van der Waals surface area contributed by atoms with Gasteiger partial charge < -0.3 is 0 Å². The van der Waals surface area contributed by atoms with Crippen LogP contribution in [0, 0.1) is 10.1 Å². The number of ketones is 1. The molecule has 0 saturated carbocycles. The van der Waals surface area contributed by atoms with Crippen molar-refractivity contribution in [1.82, 2.24) is 0 Å². The fourth-order valence-corrected chi connectivity index (χ4v) is 2.18. The van der Waals surface area contributed by atoms with Gasteiger partial charge in [-0.1, -0.05) is 42.5 Å². The predicted octanol–water partition coefficient (Wildman–Crippen LogP) is 4.51. The highest BCUT2D eigenvalue weighted by Crippen LogP contribution is 2.38. The number of carbonyl (C=O) groups excluding carboxylic acids is 1. The average Bonchev–Trinajstić information content (AvgIpc) is 2.52. The summed E-state index contributed by atoms with van der Waals surface area (Å²) >= 11 is 0. The topological polar surface area (TPSA) is 60.2 Å². The van der Waals surface area contributed by atoms with Crippen LogP contribution >= 0.6 is 0 Å². The number of hydrogen-bond acceptors (Lipinski definition) is 3. The first-order chi connectivity index (χ1) is 10.8. The smallest absolute Gasteiger partial charge is 0.294 e. The number of nitrogens with zero attached hydrogens (tertiary/aromatic N) is 1. The van der Waals surface area contributed by atoms with Gasteiger partial charge in [-0.05, 0) is 5.56 Å². The molecule has 2 aromatic carbocycles. The van der Waals surface area contributed by atoms with Crippen molar-refractivity contribution in [3.05, 3.63) is 75.8 Å².